The van der Waals surface area contributed by atoms with Gasteiger partial charge in [-0.05, 0) is 103 Å². The zero-order chi connectivity index (χ0) is 34.2. The normalized spacial score (nSPS) is 11.6. The molecule has 1 aromatic heterocycles. The number of benzene rings is 2. The molecule has 12 nitrogen and oxygen atoms in total. The van der Waals surface area contributed by atoms with E-state index in [1.54, 1.807) is 58.2 Å². The number of nitrogens with one attached hydrogen (secondary N) is 1. The predicted molar refractivity (Wildman–Crippen MR) is 168 cm³/mol. The van der Waals surface area contributed by atoms with E-state index >= 15 is 0 Å². The van der Waals surface area contributed by atoms with Crippen LogP contribution in [0.15, 0.2) is 59.7 Å². The van der Waals surface area contributed by atoms with Crippen LogP contribution in [0.25, 0.3) is 5.69 Å². The zero-order valence-corrected chi connectivity index (χ0v) is 27.3. The second-order valence-corrected chi connectivity index (χ2v) is 12.5. The first-order valence-corrected chi connectivity index (χ1v) is 14.4. The number of nitrogens with zero attached hydrogens (tertiary/aromatic N) is 2. The van der Waals surface area contributed by atoms with Gasteiger partial charge < -0.3 is 23.5 Å². The van der Waals surface area contributed by atoms with Crippen molar-refractivity contribution < 1.29 is 42.9 Å². The SMILES string of the molecule is Cc1ccc(C)n1-c1cc(C(=O)N/N=C/c2cccc(C(=O)OCOC(=O)C(C)(C)C)c2)ccc1C(=O)OCOC(=O)C(C)(C)C. The van der Waals surface area contributed by atoms with Crippen LogP contribution in [0, 0.1) is 24.7 Å². The summed E-state index contributed by atoms with van der Waals surface area (Å²) in [5.74, 6) is -3.02. The summed E-state index contributed by atoms with van der Waals surface area (Å²) in [4.78, 5) is 62.4. The summed E-state index contributed by atoms with van der Waals surface area (Å²) in [5, 5.41) is 4.00. The third-order valence-electron chi connectivity index (χ3n) is 6.48. The molecule has 1 amide bonds. The maximum absolute atomic E-state index is 13.0. The maximum atomic E-state index is 13.0. The van der Waals surface area contributed by atoms with E-state index in [0.717, 1.165) is 11.4 Å². The molecule has 0 radical (unpaired) electrons. The summed E-state index contributed by atoms with van der Waals surface area (Å²) in [7, 11) is 0. The number of esters is 4. The van der Waals surface area contributed by atoms with Crippen molar-refractivity contribution in [2.45, 2.75) is 55.4 Å². The van der Waals surface area contributed by atoms with E-state index in [1.165, 1.54) is 36.5 Å². The Hall–Kier alpha value is -5.26. The van der Waals surface area contributed by atoms with Crippen LogP contribution in [-0.2, 0) is 28.5 Å². The van der Waals surface area contributed by atoms with Crippen molar-refractivity contribution in [2.75, 3.05) is 13.6 Å². The molecule has 0 saturated heterocycles. The first-order chi connectivity index (χ1) is 21.5. The van der Waals surface area contributed by atoms with E-state index < -0.39 is 54.2 Å². The minimum Gasteiger partial charge on any atom is -0.427 e. The Kier molecular flexibility index (Phi) is 11.2. The first-order valence-electron chi connectivity index (χ1n) is 14.4. The number of carbonyl (C=O) groups is 5. The van der Waals surface area contributed by atoms with E-state index in [4.69, 9.17) is 18.9 Å². The lowest BCUT2D eigenvalue weighted by Crippen LogP contribution is -2.25. The second kappa shape index (κ2) is 14.7. The molecule has 0 unspecified atom stereocenters. The van der Waals surface area contributed by atoms with Gasteiger partial charge in [0.2, 0.25) is 13.6 Å². The summed E-state index contributed by atoms with van der Waals surface area (Å²) in [6, 6.07) is 14.5. The molecule has 12 heteroatoms. The Morgan fingerprint density at radius 3 is 1.85 bits per heavy atom. The summed E-state index contributed by atoms with van der Waals surface area (Å²) in [6.07, 6.45) is 1.35. The largest absolute Gasteiger partial charge is 0.427 e. The van der Waals surface area contributed by atoms with Crippen molar-refractivity contribution in [3.05, 3.63) is 88.2 Å². The molecule has 2 aromatic carbocycles. The van der Waals surface area contributed by atoms with Crippen molar-refractivity contribution in [1.82, 2.24) is 9.99 Å². The number of hydrazone groups is 1. The number of ether oxygens (including phenoxy) is 4. The highest BCUT2D eigenvalue weighted by molar-refractivity contribution is 5.99. The molecule has 0 spiro atoms. The van der Waals surface area contributed by atoms with Gasteiger partial charge in [0.25, 0.3) is 5.91 Å². The quantitative estimate of drug-likeness (QED) is 0.136. The molecular formula is C34H39N3O9. The van der Waals surface area contributed by atoms with Crippen molar-refractivity contribution in [3.63, 3.8) is 0 Å². The molecule has 0 aliphatic heterocycles. The fourth-order valence-corrected chi connectivity index (χ4v) is 3.92. The minimum absolute atomic E-state index is 0.158. The third kappa shape index (κ3) is 9.37. The van der Waals surface area contributed by atoms with Gasteiger partial charge in [-0.15, -0.1) is 0 Å². The highest BCUT2D eigenvalue weighted by atomic mass is 16.7. The van der Waals surface area contributed by atoms with E-state index in [9.17, 15) is 24.0 Å². The minimum atomic E-state index is -0.757. The van der Waals surface area contributed by atoms with Gasteiger partial charge >= 0.3 is 23.9 Å². The topological polar surface area (TPSA) is 152 Å². The van der Waals surface area contributed by atoms with E-state index in [0.29, 0.717) is 11.3 Å². The standard InChI is InChI=1S/C34H39N3O9/c1-21-12-13-22(2)37(21)27-17-24(14-15-26(27)30(40)44-20-46-32(42)34(6,7)8)28(38)36-35-18-23-10-9-11-25(16-23)29(39)43-19-45-31(41)33(3,4)5/h9-18H,19-20H2,1-8H3,(H,36,38)/b35-18+. The molecule has 244 valence electrons. The second-order valence-electron chi connectivity index (χ2n) is 12.5. The van der Waals surface area contributed by atoms with E-state index in [2.05, 4.69) is 10.5 Å². The monoisotopic (exact) mass is 633 g/mol. The number of amides is 1. The van der Waals surface area contributed by atoms with E-state index in [1.807, 2.05) is 26.0 Å². The number of rotatable bonds is 10. The van der Waals surface area contributed by atoms with Crippen molar-refractivity contribution in [2.24, 2.45) is 15.9 Å². The summed E-state index contributed by atoms with van der Waals surface area (Å²) < 4.78 is 22.1. The molecule has 3 rings (SSSR count). The van der Waals surface area contributed by atoms with Crippen LogP contribution >= 0.6 is 0 Å². The fraction of sp³-hybridized carbons (Fsp3) is 0.353. The first kappa shape index (κ1) is 35.2. The number of carbonyl (C=O) groups excluding carboxylic acids is 5. The van der Waals surface area contributed by atoms with Crippen LogP contribution in [0.4, 0.5) is 0 Å². The number of aromatic nitrogens is 1. The summed E-state index contributed by atoms with van der Waals surface area (Å²) >= 11 is 0. The number of hydrogen-bond acceptors (Lipinski definition) is 10. The highest BCUT2D eigenvalue weighted by Gasteiger charge is 2.25. The molecular weight excluding hydrogens is 594 g/mol. The fourth-order valence-electron chi connectivity index (χ4n) is 3.92. The lowest BCUT2D eigenvalue weighted by atomic mass is 9.97. The molecule has 0 aliphatic carbocycles. The van der Waals surface area contributed by atoms with Gasteiger partial charge in [0.05, 0.1) is 33.9 Å². The van der Waals surface area contributed by atoms with Crippen molar-refractivity contribution in [3.8, 4) is 5.69 Å². The molecule has 0 bridgehead atoms. The van der Waals surface area contributed by atoms with Crippen molar-refractivity contribution >= 4 is 36.0 Å². The lowest BCUT2D eigenvalue weighted by Gasteiger charge is -2.18. The highest BCUT2D eigenvalue weighted by Crippen LogP contribution is 2.24. The van der Waals surface area contributed by atoms with Gasteiger partial charge in [0.15, 0.2) is 0 Å². The average Bonchev–Trinajstić information content (AvgIpc) is 3.32. The lowest BCUT2D eigenvalue weighted by molar-refractivity contribution is -0.162. The molecule has 1 N–H and O–H groups in total. The van der Waals surface area contributed by atoms with Crippen LogP contribution in [0.3, 0.4) is 0 Å². The molecule has 3 aromatic rings. The summed E-state index contributed by atoms with van der Waals surface area (Å²) in [6.45, 7) is 12.7. The number of aryl methyl sites for hydroxylation is 2. The molecule has 1 heterocycles. The Morgan fingerprint density at radius 1 is 0.717 bits per heavy atom. The predicted octanol–water partition coefficient (Wildman–Crippen LogP) is 5.27. The Bertz CT molecular complexity index is 1640. The molecule has 0 atom stereocenters. The zero-order valence-electron chi connectivity index (χ0n) is 27.3. The van der Waals surface area contributed by atoms with Crippen LogP contribution in [-0.4, -0.2) is 54.2 Å². The van der Waals surface area contributed by atoms with Crippen molar-refractivity contribution in [1.29, 1.82) is 0 Å². The Labute approximate surface area is 267 Å². The van der Waals surface area contributed by atoms with Crippen LogP contribution in [0.5, 0.6) is 0 Å². The molecule has 0 aliphatic rings. The van der Waals surface area contributed by atoms with Crippen LogP contribution in [0.2, 0.25) is 0 Å². The molecule has 0 saturated carbocycles. The Balaban J connectivity index is 1.72. The molecule has 0 fully saturated rings. The smallest absolute Gasteiger partial charge is 0.343 e. The van der Waals surface area contributed by atoms with E-state index in [-0.39, 0.29) is 16.7 Å². The maximum Gasteiger partial charge on any atom is 0.343 e. The van der Waals surface area contributed by atoms with Gasteiger partial charge in [-0.1, -0.05) is 12.1 Å². The van der Waals surface area contributed by atoms with Gasteiger partial charge in [0, 0.05) is 17.0 Å². The van der Waals surface area contributed by atoms with Crippen LogP contribution < -0.4 is 5.43 Å². The molecule has 46 heavy (non-hydrogen) atoms. The van der Waals surface area contributed by atoms with Gasteiger partial charge in [0.1, 0.15) is 0 Å². The third-order valence-corrected chi connectivity index (χ3v) is 6.48. The summed E-state index contributed by atoms with van der Waals surface area (Å²) in [5.41, 5.74) is 4.02. The van der Waals surface area contributed by atoms with Gasteiger partial charge in [-0.2, -0.15) is 5.10 Å². The Morgan fingerprint density at radius 2 is 1.28 bits per heavy atom. The number of hydrogen-bond donors (Lipinski definition) is 1. The van der Waals surface area contributed by atoms with Gasteiger partial charge in [-0.3, -0.25) is 14.4 Å². The van der Waals surface area contributed by atoms with Gasteiger partial charge in [-0.25, -0.2) is 15.0 Å². The van der Waals surface area contributed by atoms with Crippen LogP contribution in [0.1, 0.15) is 89.6 Å². The average molecular weight is 634 g/mol.